The standard InChI is InChI=1S/C10H11N7O3/c1-20-7-3-2-5(4-6(7)17(18)19)13-14-8-9(11)15-16-10(8)12/h2-4H,1H3,(H5,11,12,15,16). The monoisotopic (exact) mass is 277 g/mol. The fraction of sp³-hybridized carbons (Fsp3) is 0.100. The smallest absolute Gasteiger partial charge is 0.313 e. The average molecular weight is 277 g/mol. The fourth-order valence-corrected chi connectivity index (χ4v) is 1.46. The highest BCUT2D eigenvalue weighted by Gasteiger charge is 2.15. The molecule has 0 aliphatic rings. The number of benzene rings is 1. The van der Waals surface area contributed by atoms with Crippen molar-refractivity contribution in [3.05, 3.63) is 28.3 Å². The first-order valence-electron chi connectivity index (χ1n) is 5.36. The number of nitrogens with one attached hydrogen (secondary N) is 1. The summed E-state index contributed by atoms with van der Waals surface area (Å²) < 4.78 is 4.88. The van der Waals surface area contributed by atoms with Gasteiger partial charge in [-0.05, 0) is 12.1 Å². The third-order valence-corrected chi connectivity index (χ3v) is 2.42. The number of hydrogen-bond acceptors (Lipinski definition) is 8. The second-order valence-corrected chi connectivity index (χ2v) is 3.68. The van der Waals surface area contributed by atoms with E-state index in [1.807, 2.05) is 0 Å². The van der Waals surface area contributed by atoms with Crippen LogP contribution in [0.25, 0.3) is 0 Å². The molecule has 0 aliphatic carbocycles. The summed E-state index contributed by atoms with van der Waals surface area (Å²) in [4.78, 5) is 10.3. The van der Waals surface area contributed by atoms with Crippen LogP contribution < -0.4 is 16.2 Å². The van der Waals surface area contributed by atoms with Crippen LogP contribution in [-0.4, -0.2) is 22.2 Å². The van der Waals surface area contributed by atoms with Crippen LogP contribution in [0.3, 0.4) is 0 Å². The number of H-pyrrole nitrogens is 1. The number of nitrogens with two attached hydrogens (primary N) is 2. The highest BCUT2D eigenvalue weighted by Crippen LogP contribution is 2.33. The lowest BCUT2D eigenvalue weighted by molar-refractivity contribution is -0.385. The van der Waals surface area contributed by atoms with Gasteiger partial charge in [-0.15, -0.1) is 5.11 Å². The quantitative estimate of drug-likeness (QED) is 0.439. The lowest BCUT2D eigenvalue weighted by Gasteiger charge is -2.01. The molecule has 0 aliphatic heterocycles. The number of aromatic amines is 1. The van der Waals surface area contributed by atoms with Gasteiger partial charge in [0.1, 0.15) is 5.82 Å². The summed E-state index contributed by atoms with van der Waals surface area (Å²) in [5.41, 5.74) is 11.3. The summed E-state index contributed by atoms with van der Waals surface area (Å²) >= 11 is 0. The topological polar surface area (TPSA) is 158 Å². The number of azo groups is 1. The molecule has 1 aromatic carbocycles. The molecule has 0 unspecified atom stereocenters. The Balaban J connectivity index is 2.35. The zero-order valence-corrected chi connectivity index (χ0v) is 10.4. The molecular formula is C10H11N7O3. The molecule has 0 amide bonds. The largest absolute Gasteiger partial charge is 0.490 e. The van der Waals surface area contributed by atoms with E-state index in [0.29, 0.717) is 0 Å². The summed E-state index contributed by atoms with van der Waals surface area (Å²) in [7, 11) is 1.34. The van der Waals surface area contributed by atoms with Crippen molar-refractivity contribution in [2.45, 2.75) is 0 Å². The number of nitro groups is 1. The second-order valence-electron chi connectivity index (χ2n) is 3.68. The van der Waals surface area contributed by atoms with Gasteiger partial charge >= 0.3 is 5.69 Å². The molecule has 1 heterocycles. The van der Waals surface area contributed by atoms with E-state index in [2.05, 4.69) is 20.4 Å². The van der Waals surface area contributed by atoms with E-state index >= 15 is 0 Å². The van der Waals surface area contributed by atoms with Gasteiger partial charge in [0.25, 0.3) is 0 Å². The Kier molecular flexibility index (Phi) is 3.46. The van der Waals surface area contributed by atoms with Crippen LogP contribution in [0.5, 0.6) is 5.75 Å². The molecular weight excluding hydrogens is 266 g/mol. The van der Waals surface area contributed by atoms with Crippen molar-refractivity contribution in [2.24, 2.45) is 10.2 Å². The molecule has 5 N–H and O–H groups in total. The van der Waals surface area contributed by atoms with E-state index in [9.17, 15) is 10.1 Å². The summed E-state index contributed by atoms with van der Waals surface area (Å²) in [6, 6.07) is 4.17. The molecule has 0 saturated heterocycles. The van der Waals surface area contributed by atoms with Gasteiger partial charge in [-0.2, -0.15) is 10.2 Å². The number of rotatable bonds is 4. The lowest BCUT2D eigenvalue weighted by atomic mass is 10.2. The van der Waals surface area contributed by atoms with Crippen molar-refractivity contribution in [1.29, 1.82) is 0 Å². The molecule has 10 nitrogen and oxygen atoms in total. The second kappa shape index (κ2) is 5.22. The SMILES string of the molecule is COc1ccc(N=Nc2c(N)n[nH]c2N)cc1[N+](=O)[O-]. The number of nitro benzene ring substituents is 1. The Morgan fingerprint density at radius 2 is 2.15 bits per heavy atom. The first-order chi connectivity index (χ1) is 9.52. The fourth-order valence-electron chi connectivity index (χ4n) is 1.46. The highest BCUT2D eigenvalue weighted by atomic mass is 16.6. The minimum Gasteiger partial charge on any atom is -0.490 e. The molecule has 0 bridgehead atoms. The Morgan fingerprint density at radius 1 is 1.40 bits per heavy atom. The molecule has 10 heteroatoms. The van der Waals surface area contributed by atoms with Gasteiger partial charge in [0.05, 0.1) is 17.7 Å². The number of nitrogens with zero attached hydrogens (tertiary/aromatic N) is 4. The van der Waals surface area contributed by atoms with Crippen LogP contribution >= 0.6 is 0 Å². The first-order valence-corrected chi connectivity index (χ1v) is 5.36. The number of anilines is 2. The van der Waals surface area contributed by atoms with Gasteiger partial charge in [-0.25, -0.2) is 0 Å². The van der Waals surface area contributed by atoms with E-state index < -0.39 is 4.92 Å². The zero-order chi connectivity index (χ0) is 14.7. The summed E-state index contributed by atoms with van der Waals surface area (Å²) in [5.74, 6) is 0.389. The molecule has 0 saturated carbocycles. The minimum absolute atomic E-state index is 0.0919. The Hall–Kier alpha value is -3.17. The van der Waals surface area contributed by atoms with Gasteiger partial charge in [-0.3, -0.25) is 15.2 Å². The van der Waals surface area contributed by atoms with Crippen LogP contribution in [0.15, 0.2) is 28.4 Å². The van der Waals surface area contributed by atoms with Gasteiger partial charge in [-0.1, -0.05) is 0 Å². The molecule has 1 aromatic heterocycles. The van der Waals surface area contributed by atoms with Crippen LogP contribution in [0, 0.1) is 10.1 Å². The third-order valence-electron chi connectivity index (χ3n) is 2.42. The molecule has 104 valence electrons. The molecule has 0 spiro atoms. The number of methoxy groups -OCH3 is 1. The maximum atomic E-state index is 10.9. The van der Waals surface area contributed by atoms with Crippen molar-refractivity contribution in [1.82, 2.24) is 10.2 Å². The average Bonchev–Trinajstić information content (AvgIpc) is 2.75. The minimum atomic E-state index is -0.571. The predicted molar refractivity (Wildman–Crippen MR) is 71.2 cm³/mol. The highest BCUT2D eigenvalue weighted by molar-refractivity contribution is 5.70. The van der Waals surface area contributed by atoms with E-state index in [4.69, 9.17) is 16.2 Å². The van der Waals surface area contributed by atoms with Gasteiger partial charge in [0.15, 0.2) is 17.3 Å². The Labute approximate surface area is 112 Å². The normalized spacial score (nSPS) is 10.8. The Morgan fingerprint density at radius 3 is 2.70 bits per heavy atom. The molecule has 0 radical (unpaired) electrons. The van der Waals surface area contributed by atoms with Crippen LogP contribution in [0.1, 0.15) is 0 Å². The van der Waals surface area contributed by atoms with E-state index in [0.717, 1.165) is 0 Å². The summed E-state index contributed by atoms with van der Waals surface area (Å²) in [6.45, 7) is 0. The van der Waals surface area contributed by atoms with Crippen LogP contribution in [0.4, 0.5) is 28.7 Å². The molecule has 0 atom stereocenters. The van der Waals surface area contributed by atoms with Crippen molar-refractivity contribution in [3.8, 4) is 5.75 Å². The number of hydrogen-bond donors (Lipinski definition) is 3. The maximum absolute atomic E-state index is 10.9. The van der Waals surface area contributed by atoms with Crippen molar-refractivity contribution < 1.29 is 9.66 Å². The lowest BCUT2D eigenvalue weighted by Crippen LogP contribution is -1.92. The first kappa shape index (κ1) is 13.3. The van der Waals surface area contributed by atoms with Crippen molar-refractivity contribution in [3.63, 3.8) is 0 Å². The van der Waals surface area contributed by atoms with E-state index in [1.54, 1.807) is 0 Å². The molecule has 2 rings (SSSR count). The Bertz CT molecular complexity index is 660. The maximum Gasteiger partial charge on any atom is 0.313 e. The molecule has 0 fully saturated rings. The number of ether oxygens (including phenoxy) is 1. The molecule has 20 heavy (non-hydrogen) atoms. The molecule has 2 aromatic rings. The summed E-state index contributed by atoms with van der Waals surface area (Å²) in [6.07, 6.45) is 0. The summed E-state index contributed by atoms with van der Waals surface area (Å²) in [5, 5.41) is 24.6. The van der Waals surface area contributed by atoms with Crippen LogP contribution in [-0.2, 0) is 0 Å². The van der Waals surface area contributed by atoms with Gasteiger partial charge in [0.2, 0.25) is 0 Å². The number of aromatic nitrogens is 2. The van der Waals surface area contributed by atoms with E-state index in [1.165, 1.54) is 25.3 Å². The van der Waals surface area contributed by atoms with Gasteiger partial charge in [0, 0.05) is 6.07 Å². The predicted octanol–water partition coefficient (Wildman–Crippen LogP) is 1.91. The zero-order valence-electron chi connectivity index (χ0n) is 10.4. The van der Waals surface area contributed by atoms with E-state index in [-0.39, 0.29) is 34.4 Å². The van der Waals surface area contributed by atoms with Crippen molar-refractivity contribution in [2.75, 3.05) is 18.6 Å². The third kappa shape index (κ3) is 2.48. The van der Waals surface area contributed by atoms with Gasteiger partial charge < -0.3 is 16.2 Å². The van der Waals surface area contributed by atoms with Crippen LogP contribution in [0.2, 0.25) is 0 Å². The van der Waals surface area contributed by atoms with Crippen molar-refractivity contribution >= 4 is 28.7 Å². The number of nitrogen functional groups attached to an aromatic ring is 2.